The van der Waals surface area contributed by atoms with E-state index in [1.54, 1.807) is 0 Å². The molecule has 1 aromatic heterocycles. The molecule has 0 bridgehead atoms. The van der Waals surface area contributed by atoms with Crippen molar-refractivity contribution in [3.05, 3.63) is 30.1 Å². The predicted octanol–water partition coefficient (Wildman–Crippen LogP) is 2.07. The molecule has 1 N–H and O–H groups in total. The fraction of sp³-hybridized carbons (Fsp3) is 0.643. The maximum absolute atomic E-state index is 4.23. The molecule has 2 unspecified atom stereocenters. The normalized spacial score (nSPS) is 23.9. The van der Waals surface area contributed by atoms with E-state index in [-0.39, 0.29) is 0 Å². The van der Waals surface area contributed by atoms with Gasteiger partial charge in [0.05, 0.1) is 0 Å². The fourth-order valence-corrected chi connectivity index (χ4v) is 2.66. The van der Waals surface area contributed by atoms with Crippen LogP contribution >= 0.6 is 0 Å². The van der Waals surface area contributed by atoms with Crippen LogP contribution in [0.15, 0.2) is 24.5 Å². The SMILES string of the molecule is CC(C)C1CNCCN1C(C)c1cccnc1. The molecule has 0 aromatic carbocycles. The number of nitrogens with one attached hydrogen (secondary N) is 1. The summed E-state index contributed by atoms with van der Waals surface area (Å²) in [7, 11) is 0. The van der Waals surface area contributed by atoms with Crippen LogP contribution in [0.4, 0.5) is 0 Å². The van der Waals surface area contributed by atoms with Crippen molar-refractivity contribution in [3.63, 3.8) is 0 Å². The highest BCUT2D eigenvalue weighted by Crippen LogP contribution is 2.25. The minimum Gasteiger partial charge on any atom is -0.314 e. The summed E-state index contributed by atoms with van der Waals surface area (Å²) in [6, 6.07) is 5.28. The molecular weight excluding hydrogens is 210 g/mol. The number of hydrogen-bond donors (Lipinski definition) is 1. The number of hydrogen-bond acceptors (Lipinski definition) is 3. The van der Waals surface area contributed by atoms with E-state index in [0.29, 0.717) is 18.0 Å². The van der Waals surface area contributed by atoms with E-state index in [1.807, 2.05) is 18.5 Å². The third-order valence-corrected chi connectivity index (χ3v) is 3.76. The van der Waals surface area contributed by atoms with Gasteiger partial charge < -0.3 is 5.32 Å². The molecule has 2 heterocycles. The van der Waals surface area contributed by atoms with Gasteiger partial charge in [-0.15, -0.1) is 0 Å². The Morgan fingerprint density at radius 2 is 2.24 bits per heavy atom. The number of pyridine rings is 1. The van der Waals surface area contributed by atoms with Crippen LogP contribution < -0.4 is 5.32 Å². The van der Waals surface area contributed by atoms with Crippen molar-refractivity contribution in [2.75, 3.05) is 19.6 Å². The molecule has 0 amide bonds. The third-order valence-electron chi connectivity index (χ3n) is 3.76. The Bertz CT molecular complexity index is 337. The van der Waals surface area contributed by atoms with Crippen molar-refractivity contribution >= 4 is 0 Å². The average Bonchev–Trinajstić information content (AvgIpc) is 2.39. The lowest BCUT2D eigenvalue weighted by Gasteiger charge is -2.42. The Morgan fingerprint density at radius 1 is 1.41 bits per heavy atom. The van der Waals surface area contributed by atoms with Crippen LogP contribution in [-0.4, -0.2) is 35.6 Å². The summed E-state index contributed by atoms with van der Waals surface area (Å²) in [5.41, 5.74) is 1.32. The molecule has 1 aromatic rings. The van der Waals surface area contributed by atoms with Crippen LogP contribution in [0.1, 0.15) is 32.4 Å². The minimum absolute atomic E-state index is 0.457. The lowest BCUT2D eigenvalue weighted by molar-refractivity contribution is 0.0842. The topological polar surface area (TPSA) is 28.2 Å². The summed E-state index contributed by atoms with van der Waals surface area (Å²) in [5, 5.41) is 3.50. The molecule has 1 saturated heterocycles. The van der Waals surface area contributed by atoms with Crippen LogP contribution in [0, 0.1) is 5.92 Å². The molecule has 0 spiro atoms. The van der Waals surface area contributed by atoms with Gasteiger partial charge in [-0.1, -0.05) is 19.9 Å². The van der Waals surface area contributed by atoms with Crippen molar-refractivity contribution in [2.45, 2.75) is 32.9 Å². The minimum atomic E-state index is 0.457. The van der Waals surface area contributed by atoms with Crippen LogP contribution in [0.2, 0.25) is 0 Å². The van der Waals surface area contributed by atoms with Crippen LogP contribution in [-0.2, 0) is 0 Å². The summed E-state index contributed by atoms with van der Waals surface area (Å²) in [5.74, 6) is 0.682. The zero-order valence-corrected chi connectivity index (χ0v) is 11.1. The van der Waals surface area contributed by atoms with Crippen LogP contribution in [0.5, 0.6) is 0 Å². The molecule has 2 atom stereocenters. The summed E-state index contributed by atoms with van der Waals surface area (Å²) in [4.78, 5) is 6.84. The summed E-state index contributed by atoms with van der Waals surface area (Å²) < 4.78 is 0. The highest BCUT2D eigenvalue weighted by atomic mass is 15.2. The first-order valence-corrected chi connectivity index (χ1v) is 6.56. The van der Waals surface area contributed by atoms with Gasteiger partial charge in [-0.2, -0.15) is 0 Å². The second-order valence-electron chi connectivity index (χ2n) is 5.22. The zero-order chi connectivity index (χ0) is 12.3. The molecule has 0 aliphatic carbocycles. The summed E-state index contributed by atoms with van der Waals surface area (Å²) >= 11 is 0. The quantitative estimate of drug-likeness (QED) is 0.866. The summed E-state index contributed by atoms with van der Waals surface area (Å²) in [6.45, 7) is 10.2. The van der Waals surface area contributed by atoms with E-state index in [9.17, 15) is 0 Å². The molecule has 1 fully saturated rings. The van der Waals surface area contributed by atoms with E-state index in [4.69, 9.17) is 0 Å². The average molecular weight is 233 g/mol. The Labute approximate surface area is 104 Å². The van der Waals surface area contributed by atoms with Gasteiger partial charge in [0.15, 0.2) is 0 Å². The van der Waals surface area contributed by atoms with E-state index in [1.165, 1.54) is 5.56 Å². The van der Waals surface area contributed by atoms with Gasteiger partial charge >= 0.3 is 0 Å². The maximum Gasteiger partial charge on any atom is 0.0339 e. The third kappa shape index (κ3) is 2.85. The van der Waals surface area contributed by atoms with E-state index in [2.05, 4.69) is 42.0 Å². The van der Waals surface area contributed by atoms with Crippen LogP contribution in [0.3, 0.4) is 0 Å². The number of aromatic nitrogens is 1. The molecule has 3 heteroatoms. The molecule has 17 heavy (non-hydrogen) atoms. The highest BCUT2D eigenvalue weighted by Gasteiger charge is 2.29. The Hall–Kier alpha value is -0.930. The van der Waals surface area contributed by atoms with Gasteiger partial charge in [-0.25, -0.2) is 0 Å². The van der Waals surface area contributed by atoms with Crippen molar-refractivity contribution < 1.29 is 0 Å². The Morgan fingerprint density at radius 3 is 2.88 bits per heavy atom. The molecule has 94 valence electrons. The van der Waals surface area contributed by atoms with Gasteiger partial charge in [0.2, 0.25) is 0 Å². The van der Waals surface area contributed by atoms with Crippen molar-refractivity contribution in [3.8, 4) is 0 Å². The van der Waals surface area contributed by atoms with Gasteiger partial charge in [-0.05, 0) is 24.5 Å². The maximum atomic E-state index is 4.23. The first kappa shape index (κ1) is 12.5. The van der Waals surface area contributed by atoms with Gasteiger partial charge in [0.1, 0.15) is 0 Å². The first-order chi connectivity index (χ1) is 8.20. The monoisotopic (exact) mass is 233 g/mol. The zero-order valence-electron chi connectivity index (χ0n) is 11.1. The second kappa shape index (κ2) is 5.61. The highest BCUT2D eigenvalue weighted by molar-refractivity contribution is 5.14. The fourth-order valence-electron chi connectivity index (χ4n) is 2.66. The van der Waals surface area contributed by atoms with Crippen LogP contribution in [0.25, 0.3) is 0 Å². The van der Waals surface area contributed by atoms with Crippen molar-refractivity contribution in [1.82, 2.24) is 15.2 Å². The second-order valence-corrected chi connectivity index (χ2v) is 5.22. The Kier molecular flexibility index (Phi) is 4.13. The lowest BCUT2D eigenvalue weighted by atomic mass is 9.97. The largest absolute Gasteiger partial charge is 0.314 e. The van der Waals surface area contributed by atoms with Gasteiger partial charge in [-0.3, -0.25) is 9.88 Å². The van der Waals surface area contributed by atoms with Gasteiger partial charge in [0.25, 0.3) is 0 Å². The smallest absolute Gasteiger partial charge is 0.0339 e. The molecule has 1 aliphatic rings. The molecule has 3 nitrogen and oxygen atoms in total. The van der Waals surface area contributed by atoms with E-state index < -0.39 is 0 Å². The molecule has 0 radical (unpaired) electrons. The van der Waals surface area contributed by atoms with Gasteiger partial charge in [0, 0.05) is 44.1 Å². The molecular formula is C14H23N3. The number of nitrogens with zero attached hydrogens (tertiary/aromatic N) is 2. The van der Waals surface area contributed by atoms with E-state index in [0.717, 1.165) is 19.6 Å². The number of piperazine rings is 1. The standard InChI is InChI=1S/C14H23N3/c1-11(2)14-10-16-7-8-17(14)12(3)13-5-4-6-15-9-13/h4-6,9,11-12,14,16H,7-8,10H2,1-3H3. The molecule has 0 saturated carbocycles. The number of rotatable bonds is 3. The van der Waals surface area contributed by atoms with E-state index >= 15 is 0 Å². The first-order valence-electron chi connectivity index (χ1n) is 6.56. The molecule has 2 rings (SSSR count). The predicted molar refractivity (Wildman–Crippen MR) is 70.9 cm³/mol. The molecule has 1 aliphatic heterocycles. The Balaban J connectivity index is 2.14. The van der Waals surface area contributed by atoms with Crippen molar-refractivity contribution in [1.29, 1.82) is 0 Å². The summed E-state index contributed by atoms with van der Waals surface area (Å²) in [6.07, 6.45) is 3.83. The lowest BCUT2D eigenvalue weighted by Crippen LogP contribution is -2.54. The van der Waals surface area contributed by atoms with Crippen molar-refractivity contribution in [2.24, 2.45) is 5.92 Å².